The molecule has 1 saturated heterocycles. The van der Waals surface area contributed by atoms with Crippen LogP contribution in [-0.2, 0) is 11.2 Å². The van der Waals surface area contributed by atoms with Crippen molar-refractivity contribution in [2.45, 2.75) is 19.0 Å². The summed E-state index contributed by atoms with van der Waals surface area (Å²) in [7, 11) is 0. The molecule has 0 aromatic heterocycles. The van der Waals surface area contributed by atoms with E-state index in [0.29, 0.717) is 17.4 Å². The fourth-order valence-electron chi connectivity index (χ4n) is 1.88. The van der Waals surface area contributed by atoms with Gasteiger partial charge in [0.25, 0.3) is 0 Å². The predicted molar refractivity (Wildman–Crippen MR) is 63.9 cm³/mol. The molecule has 1 heterocycles. The van der Waals surface area contributed by atoms with Gasteiger partial charge in [-0.05, 0) is 40.0 Å². The Balaban J connectivity index is 2.00. The summed E-state index contributed by atoms with van der Waals surface area (Å²) in [5.74, 6) is -0.463. The molecule has 2 nitrogen and oxygen atoms in total. The number of alkyl halides is 1. The molecule has 0 spiro atoms. The van der Waals surface area contributed by atoms with Crippen molar-refractivity contribution >= 4 is 21.8 Å². The molecule has 0 N–H and O–H groups in total. The minimum Gasteiger partial charge on any atom is -0.339 e. The topological polar surface area (TPSA) is 20.3 Å². The molecule has 1 aromatic carbocycles. The molecular formula is C12H12BrF2NO. The van der Waals surface area contributed by atoms with Gasteiger partial charge in [0, 0.05) is 6.54 Å². The number of hydrogen-bond donors (Lipinski definition) is 0. The summed E-state index contributed by atoms with van der Waals surface area (Å²) >= 11 is 3.07. The van der Waals surface area contributed by atoms with Crippen LogP contribution >= 0.6 is 15.9 Å². The summed E-state index contributed by atoms with van der Waals surface area (Å²) in [6.45, 7) is 0.656. The Bertz CT molecular complexity index is 439. The van der Waals surface area contributed by atoms with Crippen LogP contribution < -0.4 is 0 Å². The molecular weight excluding hydrogens is 292 g/mol. The maximum absolute atomic E-state index is 13.0. The summed E-state index contributed by atoms with van der Waals surface area (Å²) < 4.78 is 26.3. The average molecular weight is 304 g/mol. The molecule has 92 valence electrons. The molecule has 1 aromatic rings. The molecule has 0 aliphatic carbocycles. The Hall–Kier alpha value is -0.970. The average Bonchev–Trinajstić information content (AvgIpc) is 2.70. The minimum absolute atomic E-state index is 0.108. The molecule has 1 aliphatic rings. The first-order valence-corrected chi connectivity index (χ1v) is 6.21. The lowest BCUT2D eigenvalue weighted by Gasteiger charge is -2.15. The molecule has 0 bridgehead atoms. The predicted octanol–water partition coefficient (Wildman–Crippen LogP) is 2.70. The van der Waals surface area contributed by atoms with Gasteiger partial charge in [-0.15, -0.1) is 0 Å². The van der Waals surface area contributed by atoms with Crippen molar-refractivity contribution < 1.29 is 13.6 Å². The Morgan fingerprint density at radius 1 is 1.53 bits per heavy atom. The number of halogens is 3. The van der Waals surface area contributed by atoms with Gasteiger partial charge < -0.3 is 4.90 Å². The van der Waals surface area contributed by atoms with Gasteiger partial charge in [-0.25, -0.2) is 8.78 Å². The van der Waals surface area contributed by atoms with Crippen LogP contribution in [0, 0.1) is 5.82 Å². The zero-order chi connectivity index (χ0) is 12.4. The quantitative estimate of drug-likeness (QED) is 0.822. The molecule has 0 radical (unpaired) electrons. The van der Waals surface area contributed by atoms with Crippen LogP contribution in [0.5, 0.6) is 0 Å². The fraction of sp³-hybridized carbons (Fsp3) is 0.417. The van der Waals surface area contributed by atoms with E-state index in [2.05, 4.69) is 15.9 Å². The van der Waals surface area contributed by atoms with Crippen molar-refractivity contribution in [3.05, 3.63) is 34.1 Å². The Kier molecular flexibility index (Phi) is 3.76. The molecule has 1 atom stereocenters. The molecule has 1 amide bonds. The van der Waals surface area contributed by atoms with E-state index in [1.807, 2.05) is 0 Å². The van der Waals surface area contributed by atoms with Gasteiger partial charge >= 0.3 is 0 Å². The van der Waals surface area contributed by atoms with Crippen LogP contribution in [0.1, 0.15) is 12.0 Å². The van der Waals surface area contributed by atoms with Gasteiger partial charge in [-0.3, -0.25) is 4.79 Å². The standard InChI is InChI=1S/C12H12BrF2NO/c13-10-5-8(1-2-11(10)15)6-12(17)16-4-3-9(14)7-16/h1-2,5,9H,3-4,6-7H2/t9-/m0/s1. The van der Waals surface area contributed by atoms with E-state index in [0.717, 1.165) is 5.56 Å². The number of carbonyl (C=O) groups excluding carboxylic acids is 1. The zero-order valence-corrected chi connectivity index (χ0v) is 10.7. The lowest BCUT2D eigenvalue weighted by Crippen LogP contribution is -2.30. The SMILES string of the molecule is O=C(Cc1ccc(F)c(Br)c1)N1CC[C@H](F)C1. The van der Waals surface area contributed by atoms with Crippen LogP contribution in [0.2, 0.25) is 0 Å². The molecule has 0 saturated carbocycles. The molecule has 17 heavy (non-hydrogen) atoms. The van der Waals surface area contributed by atoms with Crippen molar-refractivity contribution in [2.75, 3.05) is 13.1 Å². The fourth-order valence-corrected chi connectivity index (χ4v) is 2.31. The second-order valence-electron chi connectivity index (χ2n) is 4.15. The highest BCUT2D eigenvalue weighted by Gasteiger charge is 2.25. The number of hydrogen-bond acceptors (Lipinski definition) is 1. The van der Waals surface area contributed by atoms with Crippen LogP contribution in [0.3, 0.4) is 0 Å². The van der Waals surface area contributed by atoms with Gasteiger partial charge in [0.15, 0.2) is 0 Å². The number of rotatable bonds is 2. The summed E-state index contributed by atoms with van der Waals surface area (Å²) in [6, 6.07) is 4.46. The molecule has 1 fully saturated rings. The number of benzene rings is 1. The van der Waals surface area contributed by atoms with Crippen molar-refractivity contribution in [3.8, 4) is 0 Å². The van der Waals surface area contributed by atoms with E-state index < -0.39 is 6.17 Å². The molecule has 1 aliphatic heterocycles. The third kappa shape index (κ3) is 3.03. The first-order chi connectivity index (χ1) is 8.06. The van der Waals surface area contributed by atoms with Gasteiger partial charge in [0.1, 0.15) is 12.0 Å². The van der Waals surface area contributed by atoms with E-state index in [1.54, 1.807) is 12.1 Å². The van der Waals surface area contributed by atoms with Gasteiger partial charge in [0.2, 0.25) is 5.91 Å². The van der Waals surface area contributed by atoms with Crippen LogP contribution in [-0.4, -0.2) is 30.1 Å². The first kappa shape index (κ1) is 12.5. The molecule has 2 rings (SSSR count). The highest BCUT2D eigenvalue weighted by Crippen LogP contribution is 2.19. The summed E-state index contributed by atoms with van der Waals surface area (Å²) in [5, 5.41) is 0. The Morgan fingerprint density at radius 2 is 2.29 bits per heavy atom. The second-order valence-corrected chi connectivity index (χ2v) is 5.01. The monoisotopic (exact) mass is 303 g/mol. The largest absolute Gasteiger partial charge is 0.339 e. The Labute approximate surface area is 107 Å². The van der Waals surface area contributed by atoms with Crippen LogP contribution in [0.25, 0.3) is 0 Å². The van der Waals surface area contributed by atoms with Crippen molar-refractivity contribution in [2.24, 2.45) is 0 Å². The highest BCUT2D eigenvalue weighted by molar-refractivity contribution is 9.10. The van der Waals surface area contributed by atoms with Crippen molar-refractivity contribution in [1.29, 1.82) is 0 Å². The summed E-state index contributed by atoms with van der Waals surface area (Å²) in [5.41, 5.74) is 0.727. The van der Waals surface area contributed by atoms with Crippen LogP contribution in [0.4, 0.5) is 8.78 Å². The van der Waals surface area contributed by atoms with Crippen molar-refractivity contribution in [1.82, 2.24) is 4.90 Å². The summed E-state index contributed by atoms with van der Waals surface area (Å²) in [4.78, 5) is 13.3. The highest BCUT2D eigenvalue weighted by atomic mass is 79.9. The number of amides is 1. The normalized spacial score (nSPS) is 19.7. The maximum atomic E-state index is 13.0. The maximum Gasteiger partial charge on any atom is 0.227 e. The third-order valence-electron chi connectivity index (χ3n) is 2.82. The summed E-state index contributed by atoms with van der Waals surface area (Å²) in [6.07, 6.45) is -0.302. The van der Waals surface area contributed by atoms with E-state index in [4.69, 9.17) is 0 Å². The lowest BCUT2D eigenvalue weighted by atomic mass is 10.1. The third-order valence-corrected chi connectivity index (χ3v) is 3.43. The smallest absolute Gasteiger partial charge is 0.227 e. The van der Waals surface area contributed by atoms with Gasteiger partial charge in [0.05, 0.1) is 17.4 Å². The van der Waals surface area contributed by atoms with E-state index in [1.165, 1.54) is 11.0 Å². The Morgan fingerprint density at radius 3 is 2.88 bits per heavy atom. The molecule has 0 unspecified atom stereocenters. The van der Waals surface area contributed by atoms with E-state index >= 15 is 0 Å². The minimum atomic E-state index is -0.904. The lowest BCUT2D eigenvalue weighted by molar-refractivity contribution is -0.129. The van der Waals surface area contributed by atoms with Crippen molar-refractivity contribution in [3.63, 3.8) is 0 Å². The number of nitrogens with zero attached hydrogens (tertiary/aromatic N) is 1. The molecule has 5 heteroatoms. The van der Waals surface area contributed by atoms with Gasteiger partial charge in [-0.2, -0.15) is 0 Å². The van der Waals surface area contributed by atoms with E-state index in [-0.39, 0.29) is 24.7 Å². The first-order valence-electron chi connectivity index (χ1n) is 5.42. The zero-order valence-electron chi connectivity index (χ0n) is 9.13. The van der Waals surface area contributed by atoms with Crippen LogP contribution in [0.15, 0.2) is 22.7 Å². The number of carbonyl (C=O) groups is 1. The van der Waals surface area contributed by atoms with E-state index in [9.17, 15) is 13.6 Å². The number of likely N-dealkylation sites (tertiary alicyclic amines) is 1. The second kappa shape index (κ2) is 5.12. The van der Waals surface area contributed by atoms with Gasteiger partial charge in [-0.1, -0.05) is 6.07 Å².